The Morgan fingerprint density at radius 2 is 1.90 bits per heavy atom. The third kappa shape index (κ3) is 4.15. The van der Waals surface area contributed by atoms with Crippen molar-refractivity contribution >= 4 is 33.6 Å². The molecule has 0 saturated carbocycles. The zero-order valence-electron chi connectivity index (χ0n) is 17.8. The van der Waals surface area contributed by atoms with Gasteiger partial charge in [-0.05, 0) is 49.4 Å². The Morgan fingerprint density at radius 3 is 2.70 bits per heavy atom. The fraction of sp³-hybridized carbons (Fsp3) is 0.250. The number of rotatable bonds is 7. The summed E-state index contributed by atoms with van der Waals surface area (Å²) in [4.78, 5) is 4.65. The molecule has 2 heterocycles. The maximum absolute atomic E-state index is 4.39. The van der Waals surface area contributed by atoms with Gasteiger partial charge < -0.3 is 15.5 Å². The van der Waals surface area contributed by atoms with Gasteiger partial charge in [-0.15, -0.1) is 16.4 Å². The first-order valence-electron chi connectivity index (χ1n) is 10.1. The molecule has 0 bridgehead atoms. The summed E-state index contributed by atoms with van der Waals surface area (Å²) in [5, 5.41) is 17.6. The van der Waals surface area contributed by atoms with E-state index in [0.717, 1.165) is 28.8 Å². The molecular weight excluding hydrogens is 390 g/mol. The number of anilines is 2. The van der Waals surface area contributed by atoms with Crippen LogP contribution in [0.4, 0.5) is 11.5 Å². The van der Waals surface area contributed by atoms with Crippen LogP contribution in [0.2, 0.25) is 0 Å². The van der Waals surface area contributed by atoms with Crippen molar-refractivity contribution in [2.24, 2.45) is 0 Å². The summed E-state index contributed by atoms with van der Waals surface area (Å²) < 4.78 is 0. The van der Waals surface area contributed by atoms with Crippen LogP contribution >= 0.6 is 11.3 Å². The maximum atomic E-state index is 4.39. The highest BCUT2D eigenvalue weighted by atomic mass is 32.1. The first-order valence-corrected chi connectivity index (χ1v) is 10.9. The van der Waals surface area contributed by atoms with Crippen LogP contribution in [-0.2, 0) is 6.54 Å². The van der Waals surface area contributed by atoms with Gasteiger partial charge in [0.1, 0.15) is 0 Å². The molecular formula is C24H27N5S. The van der Waals surface area contributed by atoms with Crippen LogP contribution in [0, 0.1) is 0 Å². The van der Waals surface area contributed by atoms with Crippen LogP contribution in [-0.4, -0.2) is 31.3 Å². The Bertz CT molecular complexity index is 1150. The molecule has 1 atom stereocenters. The molecule has 154 valence electrons. The molecule has 6 heteroatoms. The predicted octanol–water partition coefficient (Wildman–Crippen LogP) is 5.32. The smallest absolute Gasteiger partial charge is 0.157 e. The average Bonchev–Trinajstić information content (AvgIpc) is 3.24. The van der Waals surface area contributed by atoms with Crippen molar-refractivity contribution in [1.29, 1.82) is 0 Å². The molecule has 0 saturated heterocycles. The maximum Gasteiger partial charge on any atom is 0.157 e. The third-order valence-corrected chi connectivity index (χ3v) is 6.52. The van der Waals surface area contributed by atoms with E-state index in [1.165, 1.54) is 20.9 Å². The Labute approximate surface area is 181 Å². The van der Waals surface area contributed by atoms with Gasteiger partial charge in [0.05, 0.1) is 12.2 Å². The lowest BCUT2D eigenvalue weighted by atomic mass is 10.1. The van der Waals surface area contributed by atoms with Crippen molar-refractivity contribution in [1.82, 2.24) is 15.5 Å². The highest BCUT2D eigenvalue weighted by molar-refractivity contribution is 7.15. The van der Waals surface area contributed by atoms with Crippen molar-refractivity contribution in [3.63, 3.8) is 0 Å². The lowest BCUT2D eigenvalue weighted by molar-refractivity contribution is 0.820. The van der Waals surface area contributed by atoms with E-state index in [2.05, 4.69) is 87.3 Å². The van der Waals surface area contributed by atoms with Crippen LogP contribution in [0.1, 0.15) is 23.4 Å². The Hall–Kier alpha value is -2.96. The van der Waals surface area contributed by atoms with Gasteiger partial charge in [-0.1, -0.05) is 30.3 Å². The largest absolute Gasteiger partial charge is 0.378 e. The van der Waals surface area contributed by atoms with Crippen molar-refractivity contribution in [2.45, 2.75) is 19.5 Å². The van der Waals surface area contributed by atoms with Gasteiger partial charge in [0.2, 0.25) is 0 Å². The van der Waals surface area contributed by atoms with Gasteiger partial charge in [-0.25, -0.2) is 0 Å². The number of benzene rings is 2. The molecule has 2 aromatic carbocycles. The second-order valence-corrected chi connectivity index (χ2v) is 8.73. The van der Waals surface area contributed by atoms with Crippen molar-refractivity contribution < 1.29 is 0 Å². The third-order valence-electron chi connectivity index (χ3n) is 5.22. The molecule has 0 fully saturated rings. The van der Waals surface area contributed by atoms with Gasteiger partial charge in [0.15, 0.2) is 5.82 Å². The second-order valence-electron chi connectivity index (χ2n) is 7.61. The summed E-state index contributed by atoms with van der Waals surface area (Å²) in [7, 11) is 6.07. The predicted molar refractivity (Wildman–Crippen MR) is 128 cm³/mol. The number of hydrogen-bond donors (Lipinski definition) is 2. The molecule has 2 aromatic heterocycles. The topological polar surface area (TPSA) is 53.1 Å². The SMILES string of the molecule is CNCc1ccccc1-c1ccc([C@@H](C)Nc2nncc3ccc(N(C)C)cc23)s1. The van der Waals surface area contributed by atoms with Crippen LogP contribution in [0.3, 0.4) is 0 Å². The number of aromatic nitrogens is 2. The summed E-state index contributed by atoms with van der Waals surface area (Å²) in [5.41, 5.74) is 3.74. The van der Waals surface area contributed by atoms with E-state index in [1.54, 1.807) is 0 Å². The number of nitrogens with one attached hydrogen (secondary N) is 2. The van der Waals surface area contributed by atoms with Gasteiger partial charge in [0, 0.05) is 46.9 Å². The molecule has 5 nitrogen and oxygen atoms in total. The van der Waals surface area contributed by atoms with E-state index in [-0.39, 0.29) is 6.04 Å². The zero-order chi connectivity index (χ0) is 21.1. The summed E-state index contributed by atoms with van der Waals surface area (Å²) in [6.45, 7) is 3.03. The highest BCUT2D eigenvalue weighted by Gasteiger charge is 2.14. The lowest BCUT2D eigenvalue weighted by Crippen LogP contribution is -2.10. The van der Waals surface area contributed by atoms with E-state index in [0.29, 0.717) is 0 Å². The van der Waals surface area contributed by atoms with E-state index in [4.69, 9.17) is 0 Å². The van der Waals surface area contributed by atoms with Crippen molar-refractivity contribution in [3.05, 3.63) is 71.2 Å². The Balaban J connectivity index is 1.61. The average molecular weight is 418 g/mol. The van der Waals surface area contributed by atoms with E-state index < -0.39 is 0 Å². The fourth-order valence-corrected chi connectivity index (χ4v) is 4.63. The lowest BCUT2D eigenvalue weighted by Gasteiger charge is -2.17. The van der Waals surface area contributed by atoms with Gasteiger partial charge in [0.25, 0.3) is 0 Å². The molecule has 0 spiro atoms. The standard InChI is InChI=1S/C24H27N5S/c1-16(22-11-12-23(30-22)20-8-6-5-7-17(20)14-25-2)27-24-21-13-19(29(3)4)10-9-18(21)15-26-28-24/h5-13,15-16,25H,14H2,1-4H3,(H,27,28)/t16-/m1/s1. The molecule has 4 aromatic rings. The van der Waals surface area contributed by atoms with Crippen LogP contribution in [0.25, 0.3) is 21.2 Å². The van der Waals surface area contributed by atoms with Crippen molar-refractivity contribution in [3.8, 4) is 10.4 Å². The normalized spacial score (nSPS) is 12.1. The van der Waals surface area contributed by atoms with Crippen LogP contribution in [0.5, 0.6) is 0 Å². The summed E-state index contributed by atoms with van der Waals surface area (Å²) >= 11 is 1.82. The first kappa shape index (κ1) is 20.3. The molecule has 0 unspecified atom stereocenters. The summed E-state index contributed by atoms with van der Waals surface area (Å²) in [5.74, 6) is 0.814. The van der Waals surface area contributed by atoms with Gasteiger partial charge in [-0.3, -0.25) is 0 Å². The highest BCUT2D eigenvalue weighted by Crippen LogP contribution is 2.35. The van der Waals surface area contributed by atoms with E-state index >= 15 is 0 Å². The van der Waals surface area contributed by atoms with Gasteiger partial charge >= 0.3 is 0 Å². The van der Waals surface area contributed by atoms with Crippen LogP contribution in [0.15, 0.2) is 60.8 Å². The van der Waals surface area contributed by atoms with E-state index in [1.807, 2.05) is 38.7 Å². The number of hydrogen-bond acceptors (Lipinski definition) is 6. The minimum Gasteiger partial charge on any atom is -0.378 e. The molecule has 2 N–H and O–H groups in total. The molecule has 4 rings (SSSR count). The fourth-order valence-electron chi connectivity index (χ4n) is 3.56. The summed E-state index contributed by atoms with van der Waals surface area (Å²) in [6, 6.07) is 19.5. The Morgan fingerprint density at radius 1 is 1.07 bits per heavy atom. The second kappa shape index (κ2) is 8.81. The molecule has 0 aliphatic rings. The minimum atomic E-state index is 0.128. The molecule has 30 heavy (non-hydrogen) atoms. The first-order chi connectivity index (χ1) is 14.6. The number of thiophene rings is 1. The molecule has 0 aliphatic heterocycles. The molecule has 0 aliphatic carbocycles. The monoisotopic (exact) mass is 417 g/mol. The number of nitrogens with zero attached hydrogens (tertiary/aromatic N) is 3. The zero-order valence-corrected chi connectivity index (χ0v) is 18.6. The van der Waals surface area contributed by atoms with Crippen LogP contribution < -0.4 is 15.5 Å². The van der Waals surface area contributed by atoms with Gasteiger partial charge in [-0.2, -0.15) is 5.10 Å². The summed E-state index contributed by atoms with van der Waals surface area (Å²) in [6.07, 6.45) is 1.81. The number of fused-ring (bicyclic) bond motifs is 1. The Kier molecular flexibility index (Phi) is 5.97. The quantitative estimate of drug-likeness (QED) is 0.426. The molecule has 0 radical (unpaired) electrons. The van der Waals surface area contributed by atoms with Crippen molar-refractivity contribution in [2.75, 3.05) is 31.4 Å². The van der Waals surface area contributed by atoms with E-state index in [9.17, 15) is 0 Å². The molecule has 0 amide bonds. The minimum absolute atomic E-state index is 0.128.